The van der Waals surface area contributed by atoms with E-state index in [4.69, 9.17) is 23.5 Å². The van der Waals surface area contributed by atoms with E-state index in [9.17, 15) is 8.42 Å². The van der Waals surface area contributed by atoms with Crippen molar-refractivity contribution in [2.75, 3.05) is 6.61 Å². The topological polar surface area (TPSA) is 128 Å². The summed E-state index contributed by atoms with van der Waals surface area (Å²) in [6, 6.07) is 0. The summed E-state index contributed by atoms with van der Waals surface area (Å²) in [5.41, 5.74) is 4.99. The van der Waals surface area contributed by atoms with Crippen LogP contribution in [0.1, 0.15) is 47.8 Å². The van der Waals surface area contributed by atoms with Crippen molar-refractivity contribution < 1.29 is 26.2 Å². The summed E-state index contributed by atoms with van der Waals surface area (Å²) in [7, 11) is -10.6. The quantitative estimate of drug-likeness (QED) is 0.362. The second kappa shape index (κ2) is 9.60. The summed E-state index contributed by atoms with van der Waals surface area (Å²) in [6.07, 6.45) is -0.659. The summed E-state index contributed by atoms with van der Waals surface area (Å²) in [5, 5.41) is 10.5. The lowest BCUT2D eigenvalue weighted by molar-refractivity contribution is -0.0595. The minimum atomic E-state index is -4.06. The zero-order valence-electron chi connectivity index (χ0n) is 25.4. The van der Waals surface area contributed by atoms with E-state index < -0.39 is 58.9 Å². The highest BCUT2D eigenvalue weighted by molar-refractivity contribution is 7.90. The van der Waals surface area contributed by atoms with Gasteiger partial charge in [0.05, 0.1) is 23.0 Å². The van der Waals surface area contributed by atoms with Crippen molar-refractivity contribution >= 4 is 40.1 Å². The van der Waals surface area contributed by atoms with Gasteiger partial charge in [-0.1, -0.05) is 66.4 Å². The fourth-order valence-corrected chi connectivity index (χ4v) is 8.32. The molecule has 1 aromatic rings. The van der Waals surface area contributed by atoms with Crippen molar-refractivity contribution in [2.24, 2.45) is 5.73 Å². The lowest BCUT2D eigenvalue weighted by atomic mass is 9.89. The molecule has 14 heteroatoms. The number of nitrogens with two attached hydrogens (primary N) is 1. The average Bonchev–Trinajstić information content (AvgIpc) is 3.34. The van der Waals surface area contributed by atoms with Gasteiger partial charge >= 0.3 is 0 Å². The molecule has 2 N–H and O–H groups in total. The lowest BCUT2D eigenvalue weighted by Crippen LogP contribution is -2.59. The predicted octanol–water partition coefficient (Wildman–Crippen LogP) is 4.03. The Morgan fingerprint density at radius 2 is 1.58 bits per heavy atom. The van der Waals surface area contributed by atoms with E-state index in [2.05, 4.69) is 97.7 Å². The minimum absolute atomic E-state index is 0.0538. The van der Waals surface area contributed by atoms with E-state index in [0.717, 1.165) is 10.7 Å². The third kappa shape index (κ3) is 5.78. The van der Waals surface area contributed by atoms with Gasteiger partial charge in [-0.05, 0) is 36.3 Å². The number of nitrogens with zero attached hydrogens (tertiary/aromatic N) is 3. The van der Waals surface area contributed by atoms with E-state index in [1.165, 1.54) is 0 Å². The molecule has 2 unspecified atom stereocenters. The molecular formula is C24H48N4O6SSi3. The summed E-state index contributed by atoms with van der Waals surface area (Å²) in [5.74, 6) is 0. The fourth-order valence-electron chi connectivity index (χ4n) is 3.95. The molecule has 1 aromatic heterocycles. The van der Waals surface area contributed by atoms with Gasteiger partial charge in [0.15, 0.2) is 28.5 Å². The van der Waals surface area contributed by atoms with Gasteiger partial charge in [0, 0.05) is 6.20 Å². The van der Waals surface area contributed by atoms with Crippen LogP contribution in [-0.4, -0.2) is 72.5 Å². The van der Waals surface area contributed by atoms with Gasteiger partial charge < -0.3 is 19.3 Å². The van der Waals surface area contributed by atoms with Crippen molar-refractivity contribution in [2.45, 2.75) is 121 Å². The van der Waals surface area contributed by atoms with Gasteiger partial charge in [-0.3, -0.25) is 0 Å². The second-order valence-corrected chi connectivity index (χ2v) is 30.6. The Balaban J connectivity index is 2.17. The molecule has 38 heavy (non-hydrogen) atoms. The first-order valence-electron chi connectivity index (χ1n) is 13.2. The molecular weight excluding hydrogens is 557 g/mol. The molecule has 2 aliphatic heterocycles. The molecule has 3 rings (SSSR count). The first-order chi connectivity index (χ1) is 16.8. The zero-order valence-corrected chi connectivity index (χ0v) is 29.2. The number of ether oxygens (including phenoxy) is 1. The molecule has 1 spiro atoms. The molecule has 0 amide bonds. The summed E-state index contributed by atoms with van der Waals surface area (Å²) >= 11 is 0. The summed E-state index contributed by atoms with van der Waals surface area (Å²) in [4.78, 5) is 0. The monoisotopic (exact) mass is 604 g/mol. The number of hydrogen-bond acceptors (Lipinski definition) is 9. The number of hydrogen-bond donors (Lipinski definition) is 1. The molecule has 2 aliphatic rings. The van der Waals surface area contributed by atoms with Crippen LogP contribution in [0.2, 0.25) is 55.9 Å². The van der Waals surface area contributed by atoms with Crippen LogP contribution in [-0.2, 0) is 27.9 Å². The molecule has 218 valence electrons. The Hall–Kier alpha value is -0.879. The van der Waals surface area contributed by atoms with Crippen LogP contribution >= 0.6 is 0 Å². The summed E-state index contributed by atoms with van der Waals surface area (Å²) in [6.45, 7) is 28.0. The first kappa shape index (κ1) is 31.6. The highest BCUT2D eigenvalue weighted by Crippen LogP contribution is 2.52. The van der Waals surface area contributed by atoms with Gasteiger partial charge in [0.1, 0.15) is 20.3 Å². The number of rotatable bonds is 7. The first-order valence-corrected chi connectivity index (χ1v) is 24.0. The van der Waals surface area contributed by atoms with Gasteiger partial charge in [0.2, 0.25) is 0 Å². The van der Waals surface area contributed by atoms with Crippen LogP contribution in [0, 0.1) is 0 Å². The third-order valence-electron chi connectivity index (χ3n) is 8.61. The van der Waals surface area contributed by atoms with E-state index in [1.807, 2.05) is 6.20 Å². The molecule has 0 aromatic carbocycles. The van der Waals surface area contributed by atoms with Gasteiger partial charge in [-0.15, -0.1) is 5.10 Å². The smallest absolute Gasteiger partial charge is 0.292 e. The maximum absolute atomic E-state index is 12.9. The highest BCUT2D eigenvalue weighted by Gasteiger charge is 2.67. The summed E-state index contributed by atoms with van der Waals surface area (Å²) < 4.78 is 53.3. The normalized spacial score (nSPS) is 28.8. The van der Waals surface area contributed by atoms with Crippen molar-refractivity contribution in [3.8, 4) is 0 Å². The number of aromatic nitrogens is 3. The molecule has 3 heterocycles. The Kier molecular flexibility index (Phi) is 8.00. The fraction of sp³-hybridized carbons (Fsp3) is 0.833. The maximum Gasteiger partial charge on any atom is 0.292 e. The van der Waals surface area contributed by atoms with Crippen LogP contribution in [0.15, 0.2) is 17.3 Å². The van der Waals surface area contributed by atoms with Crippen molar-refractivity contribution in [3.05, 3.63) is 17.3 Å². The second-order valence-electron chi connectivity index (χ2n) is 14.7. The Morgan fingerprint density at radius 1 is 1.03 bits per heavy atom. The Morgan fingerprint density at radius 3 is 2.00 bits per heavy atom. The van der Waals surface area contributed by atoms with E-state index >= 15 is 0 Å². The van der Waals surface area contributed by atoms with Crippen LogP contribution in [0.25, 0.3) is 0 Å². The molecule has 0 radical (unpaired) electrons. The lowest BCUT2D eigenvalue weighted by Gasteiger charge is -2.43. The standard InChI is InChI=1S/C24H48N4O6SSi3/c1-22(2,3)37(10,11)31-15-18-24(17(25)16-35(29,30)34-24)20(33-38(12,13)23(4,5)6)21(32-18)28-14-19(26-27-28)36(7,8)9/h14,16,18,20-21H,15,25H2,1-13H3/t18?,20-,21+,24?/m0/s1. The molecule has 1 fully saturated rings. The van der Waals surface area contributed by atoms with Gasteiger partial charge in [-0.2, -0.15) is 8.42 Å². The molecule has 10 nitrogen and oxygen atoms in total. The Bertz CT molecular complexity index is 1180. The molecule has 0 saturated carbocycles. The van der Waals surface area contributed by atoms with Crippen molar-refractivity contribution in [3.63, 3.8) is 0 Å². The van der Waals surface area contributed by atoms with E-state index in [1.54, 1.807) is 4.68 Å². The van der Waals surface area contributed by atoms with E-state index in [-0.39, 0.29) is 22.4 Å². The third-order valence-corrected chi connectivity index (χ3v) is 20.4. The van der Waals surface area contributed by atoms with Crippen LogP contribution in [0.3, 0.4) is 0 Å². The highest BCUT2D eigenvalue weighted by atomic mass is 32.2. The van der Waals surface area contributed by atoms with Gasteiger partial charge in [0.25, 0.3) is 10.1 Å². The Labute approximate surface area is 232 Å². The van der Waals surface area contributed by atoms with Crippen molar-refractivity contribution in [1.82, 2.24) is 15.0 Å². The minimum Gasteiger partial charge on any atom is -0.414 e. The SMILES string of the molecule is CC(C)(C)[Si](C)(C)OCC1O[C@@H](n2cc([Si](C)(C)C)nn2)[C@H](O[Si](C)(C)C(C)(C)C)C12OS(=O)(=O)C=C2N. The largest absolute Gasteiger partial charge is 0.414 e. The van der Waals surface area contributed by atoms with Gasteiger partial charge in [-0.25, -0.2) is 8.86 Å². The molecule has 0 aliphatic carbocycles. The maximum atomic E-state index is 12.9. The predicted molar refractivity (Wildman–Crippen MR) is 157 cm³/mol. The van der Waals surface area contributed by atoms with Crippen LogP contribution in [0.5, 0.6) is 0 Å². The van der Waals surface area contributed by atoms with Crippen LogP contribution in [0.4, 0.5) is 0 Å². The zero-order chi connectivity index (χ0) is 29.3. The van der Waals surface area contributed by atoms with Crippen molar-refractivity contribution in [1.29, 1.82) is 0 Å². The molecule has 4 atom stereocenters. The molecule has 0 bridgehead atoms. The average molecular weight is 605 g/mol. The van der Waals surface area contributed by atoms with E-state index in [0.29, 0.717) is 0 Å². The van der Waals surface area contributed by atoms with Crippen LogP contribution < -0.4 is 11.1 Å². The molecule has 1 saturated heterocycles.